The first-order valence-electron chi connectivity index (χ1n) is 9.16. The molecule has 0 aliphatic rings. The van der Waals surface area contributed by atoms with Gasteiger partial charge in [-0.15, -0.1) is 11.3 Å². The van der Waals surface area contributed by atoms with E-state index >= 15 is 0 Å². The fourth-order valence-electron chi connectivity index (χ4n) is 3.12. The zero-order valence-corrected chi connectivity index (χ0v) is 16.3. The molecule has 5 nitrogen and oxygen atoms in total. The lowest BCUT2D eigenvalue weighted by atomic mass is 10.1. The van der Waals surface area contributed by atoms with E-state index in [1.165, 1.54) is 16.8 Å². The molecule has 2 aromatic carbocycles. The molecule has 1 atom stereocenters. The molecule has 0 fully saturated rings. The van der Waals surface area contributed by atoms with Gasteiger partial charge in [0, 0.05) is 15.8 Å². The monoisotopic (exact) mass is 410 g/mol. The second-order valence-electron chi connectivity index (χ2n) is 6.64. The van der Waals surface area contributed by atoms with E-state index in [9.17, 15) is 14.3 Å². The Hall–Kier alpha value is -2.87. The predicted molar refractivity (Wildman–Crippen MR) is 111 cm³/mol. The zero-order valence-electron chi connectivity index (χ0n) is 15.5. The number of hydrogen-bond donors (Lipinski definition) is 1. The summed E-state index contributed by atoms with van der Waals surface area (Å²) in [6.07, 6.45) is -0.887. The van der Waals surface area contributed by atoms with Crippen molar-refractivity contribution in [1.29, 1.82) is 0 Å². The van der Waals surface area contributed by atoms with E-state index < -0.39 is 6.10 Å². The molecule has 2 aromatic heterocycles. The van der Waals surface area contributed by atoms with Crippen molar-refractivity contribution < 1.29 is 14.2 Å². The minimum atomic E-state index is -0.887. The van der Waals surface area contributed by atoms with Gasteiger partial charge in [-0.1, -0.05) is 24.3 Å². The Morgan fingerprint density at radius 2 is 1.83 bits per heavy atom. The van der Waals surface area contributed by atoms with Crippen molar-refractivity contribution in [3.63, 3.8) is 0 Å². The third-order valence-corrected chi connectivity index (χ3v) is 5.35. The van der Waals surface area contributed by atoms with Crippen LogP contribution < -0.4 is 5.56 Å². The van der Waals surface area contributed by atoms with Crippen LogP contribution in [-0.4, -0.2) is 27.6 Å². The summed E-state index contributed by atoms with van der Waals surface area (Å²) < 4.78 is 20.1. The van der Waals surface area contributed by atoms with E-state index in [2.05, 4.69) is 5.10 Å². The van der Waals surface area contributed by atoms with Crippen molar-refractivity contribution >= 4 is 22.1 Å². The number of fused-ring (bicyclic) bond motifs is 1. The van der Waals surface area contributed by atoms with Crippen LogP contribution in [0.4, 0.5) is 4.39 Å². The van der Waals surface area contributed by atoms with Gasteiger partial charge < -0.3 is 9.84 Å². The molecule has 4 aromatic rings. The standard InChI is InChI=1S/C22H19FN2O3S/c23-16-9-7-15(8-10-16)21-19-5-1-2-6-20(19)22(27)25(24-21)12-17(26)13-28-14-18-4-3-11-29-18/h1-11,17,26H,12-14H2. The fourth-order valence-corrected chi connectivity index (χ4v) is 3.76. The van der Waals surface area contributed by atoms with Crippen LogP contribution in [0.1, 0.15) is 4.88 Å². The van der Waals surface area contributed by atoms with Crippen molar-refractivity contribution in [1.82, 2.24) is 9.78 Å². The number of rotatable bonds is 7. The molecule has 0 amide bonds. The van der Waals surface area contributed by atoms with Gasteiger partial charge in [-0.25, -0.2) is 9.07 Å². The lowest BCUT2D eigenvalue weighted by Gasteiger charge is -2.15. The third kappa shape index (κ3) is 4.42. The molecule has 1 unspecified atom stereocenters. The highest BCUT2D eigenvalue weighted by Crippen LogP contribution is 2.24. The largest absolute Gasteiger partial charge is 0.389 e. The molecule has 0 saturated carbocycles. The number of halogens is 1. The molecular weight excluding hydrogens is 391 g/mol. The van der Waals surface area contributed by atoms with Crippen LogP contribution in [0.25, 0.3) is 22.0 Å². The lowest BCUT2D eigenvalue weighted by Crippen LogP contribution is -2.31. The van der Waals surface area contributed by atoms with Gasteiger partial charge in [0.25, 0.3) is 5.56 Å². The van der Waals surface area contributed by atoms with Gasteiger partial charge in [0.15, 0.2) is 0 Å². The molecule has 0 aliphatic heterocycles. The summed E-state index contributed by atoms with van der Waals surface area (Å²) in [5, 5.41) is 18.0. The average Bonchev–Trinajstić information content (AvgIpc) is 3.24. The van der Waals surface area contributed by atoms with Gasteiger partial charge in [-0.05, 0) is 41.8 Å². The van der Waals surface area contributed by atoms with E-state index in [4.69, 9.17) is 4.74 Å². The van der Waals surface area contributed by atoms with Crippen LogP contribution in [0, 0.1) is 5.82 Å². The first-order chi connectivity index (χ1) is 14.1. The van der Waals surface area contributed by atoms with E-state index in [1.54, 1.807) is 35.6 Å². The quantitative estimate of drug-likeness (QED) is 0.503. The first kappa shape index (κ1) is 19.4. The molecule has 29 heavy (non-hydrogen) atoms. The molecule has 0 radical (unpaired) electrons. The normalized spacial score (nSPS) is 12.3. The van der Waals surface area contributed by atoms with Gasteiger partial charge >= 0.3 is 0 Å². The summed E-state index contributed by atoms with van der Waals surface area (Å²) in [4.78, 5) is 13.9. The first-order valence-corrected chi connectivity index (χ1v) is 10.0. The van der Waals surface area contributed by atoms with Gasteiger partial charge in [-0.3, -0.25) is 4.79 Å². The molecule has 0 bridgehead atoms. The van der Waals surface area contributed by atoms with Gasteiger partial charge in [0.1, 0.15) is 5.82 Å². The van der Waals surface area contributed by atoms with Crippen LogP contribution in [0.15, 0.2) is 70.8 Å². The molecule has 0 saturated heterocycles. The average molecular weight is 410 g/mol. The molecule has 0 aliphatic carbocycles. The van der Waals surface area contributed by atoms with Crippen LogP contribution >= 0.6 is 11.3 Å². The highest BCUT2D eigenvalue weighted by molar-refractivity contribution is 7.09. The molecule has 1 N–H and O–H groups in total. The molecule has 4 rings (SSSR count). The van der Waals surface area contributed by atoms with Crippen molar-refractivity contribution in [2.24, 2.45) is 0 Å². The number of aliphatic hydroxyl groups excluding tert-OH is 1. The maximum atomic E-state index is 13.3. The summed E-state index contributed by atoms with van der Waals surface area (Å²) in [5.41, 5.74) is 0.968. The van der Waals surface area contributed by atoms with E-state index in [1.807, 2.05) is 29.6 Å². The van der Waals surface area contributed by atoms with Crippen LogP contribution in [-0.2, 0) is 17.9 Å². The Bertz CT molecular complexity index is 1160. The second-order valence-corrected chi connectivity index (χ2v) is 7.67. The summed E-state index contributed by atoms with van der Waals surface area (Å²) >= 11 is 1.58. The van der Waals surface area contributed by atoms with Crippen molar-refractivity contribution in [3.8, 4) is 11.3 Å². The van der Waals surface area contributed by atoms with Gasteiger partial charge in [-0.2, -0.15) is 5.10 Å². The van der Waals surface area contributed by atoms with Crippen molar-refractivity contribution in [2.75, 3.05) is 6.61 Å². The highest BCUT2D eigenvalue weighted by Gasteiger charge is 2.15. The minimum absolute atomic E-state index is 0.00228. The van der Waals surface area contributed by atoms with Crippen LogP contribution in [0.2, 0.25) is 0 Å². The summed E-state index contributed by atoms with van der Waals surface area (Å²) in [6, 6.07) is 17.0. The summed E-state index contributed by atoms with van der Waals surface area (Å²) in [7, 11) is 0. The Morgan fingerprint density at radius 3 is 2.55 bits per heavy atom. The Labute approximate surface area is 170 Å². The Balaban J connectivity index is 1.61. The smallest absolute Gasteiger partial charge is 0.274 e. The molecule has 148 valence electrons. The molecule has 2 heterocycles. The maximum Gasteiger partial charge on any atom is 0.274 e. The summed E-state index contributed by atoms with van der Waals surface area (Å²) in [5.74, 6) is -0.343. The second kappa shape index (κ2) is 8.65. The van der Waals surface area contributed by atoms with Crippen molar-refractivity contribution in [3.05, 3.63) is 87.1 Å². The Kier molecular flexibility index (Phi) is 5.80. The van der Waals surface area contributed by atoms with E-state index in [0.29, 0.717) is 28.6 Å². The SMILES string of the molecule is O=c1c2ccccc2c(-c2ccc(F)cc2)nn1CC(O)COCc1cccs1. The number of benzene rings is 2. The van der Waals surface area contributed by atoms with Gasteiger partial charge in [0.2, 0.25) is 0 Å². The lowest BCUT2D eigenvalue weighted by molar-refractivity contribution is 0.0190. The number of aliphatic hydroxyl groups is 1. The number of ether oxygens (including phenoxy) is 1. The number of hydrogen-bond acceptors (Lipinski definition) is 5. The number of thiophene rings is 1. The molecule has 0 spiro atoms. The topological polar surface area (TPSA) is 64.4 Å². The fraction of sp³-hybridized carbons (Fsp3) is 0.182. The van der Waals surface area contributed by atoms with Gasteiger partial charge in [0.05, 0.1) is 36.9 Å². The van der Waals surface area contributed by atoms with Crippen LogP contribution in [0.3, 0.4) is 0 Å². The summed E-state index contributed by atoms with van der Waals surface area (Å²) in [6.45, 7) is 0.503. The third-order valence-electron chi connectivity index (χ3n) is 4.50. The van der Waals surface area contributed by atoms with Crippen molar-refractivity contribution in [2.45, 2.75) is 19.3 Å². The van der Waals surface area contributed by atoms with E-state index in [0.717, 1.165) is 4.88 Å². The number of nitrogens with zero attached hydrogens (tertiary/aromatic N) is 2. The van der Waals surface area contributed by atoms with Crippen LogP contribution in [0.5, 0.6) is 0 Å². The van der Waals surface area contributed by atoms with E-state index in [-0.39, 0.29) is 24.5 Å². The molecule has 7 heteroatoms. The number of aromatic nitrogens is 2. The Morgan fingerprint density at radius 1 is 1.07 bits per heavy atom. The predicted octanol–water partition coefficient (Wildman–Crippen LogP) is 3.84. The minimum Gasteiger partial charge on any atom is -0.389 e. The zero-order chi connectivity index (χ0) is 20.2. The molecular formula is C22H19FN2O3S. The maximum absolute atomic E-state index is 13.3. The highest BCUT2D eigenvalue weighted by atomic mass is 32.1.